The predicted molar refractivity (Wildman–Crippen MR) is 104 cm³/mol. The van der Waals surface area contributed by atoms with Crippen molar-refractivity contribution in [1.29, 1.82) is 0 Å². The Labute approximate surface area is 157 Å². The summed E-state index contributed by atoms with van der Waals surface area (Å²) in [6.07, 6.45) is 18.2. The second-order valence-corrected chi connectivity index (χ2v) is 9.23. The number of carbonyl (C=O) groups is 1. The number of ether oxygens (including phenoxy) is 1. The number of allylic oxidation sites excluding steroid dienone is 2. The Morgan fingerprint density at radius 3 is 2.52 bits per heavy atom. The minimum Gasteiger partial charge on any atom is -0.481 e. The highest BCUT2D eigenvalue weighted by Crippen LogP contribution is 2.46. The van der Waals surface area contributed by atoms with Gasteiger partial charge in [0.2, 0.25) is 0 Å². The fourth-order valence-corrected chi connectivity index (χ4v) is 6.43. The van der Waals surface area contributed by atoms with Crippen LogP contribution >= 0.6 is 11.8 Å². The van der Waals surface area contributed by atoms with Crippen molar-refractivity contribution in [3.63, 3.8) is 0 Å². The van der Waals surface area contributed by atoms with E-state index in [1.807, 2.05) is 0 Å². The number of hydrogen-bond donors (Lipinski definition) is 1. The molecule has 3 fully saturated rings. The lowest BCUT2D eigenvalue weighted by molar-refractivity contribution is -0.137. The van der Waals surface area contributed by atoms with Crippen LogP contribution in [-0.4, -0.2) is 34.8 Å². The van der Waals surface area contributed by atoms with E-state index >= 15 is 0 Å². The SMILES string of the molecule is O=C(O)CCC/C=C\C[C@@H]1[C@H](CSCC2CCCCC2)[C@@H]2CC[C@H]1O2. The highest BCUT2D eigenvalue weighted by Gasteiger charge is 2.47. The highest BCUT2D eigenvalue weighted by atomic mass is 32.2. The average molecular weight is 367 g/mol. The van der Waals surface area contributed by atoms with Gasteiger partial charge >= 0.3 is 5.97 Å². The number of hydrogen-bond acceptors (Lipinski definition) is 3. The molecule has 3 nitrogen and oxygen atoms in total. The second kappa shape index (κ2) is 10.0. The van der Waals surface area contributed by atoms with E-state index in [-0.39, 0.29) is 6.42 Å². The molecule has 2 aliphatic heterocycles. The third-order valence-corrected chi connectivity index (χ3v) is 7.64. The molecule has 25 heavy (non-hydrogen) atoms. The smallest absolute Gasteiger partial charge is 0.303 e. The summed E-state index contributed by atoms with van der Waals surface area (Å²) in [5, 5.41) is 8.68. The summed E-state index contributed by atoms with van der Waals surface area (Å²) >= 11 is 2.18. The van der Waals surface area contributed by atoms with E-state index in [4.69, 9.17) is 9.84 Å². The Kier molecular flexibility index (Phi) is 7.72. The lowest BCUT2D eigenvalue weighted by atomic mass is 9.78. The summed E-state index contributed by atoms with van der Waals surface area (Å²) in [4.78, 5) is 10.5. The molecule has 0 aromatic rings. The molecule has 142 valence electrons. The van der Waals surface area contributed by atoms with Crippen molar-refractivity contribution in [3.8, 4) is 0 Å². The molecule has 3 rings (SSSR count). The van der Waals surface area contributed by atoms with Crippen molar-refractivity contribution in [2.45, 2.75) is 82.8 Å². The van der Waals surface area contributed by atoms with Gasteiger partial charge < -0.3 is 9.84 Å². The Hall–Kier alpha value is -0.480. The molecule has 2 bridgehead atoms. The first-order chi connectivity index (χ1) is 12.2. The van der Waals surface area contributed by atoms with Crippen molar-refractivity contribution in [1.82, 2.24) is 0 Å². The molecule has 1 saturated carbocycles. The van der Waals surface area contributed by atoms with E-state index in [0.29, 0.717) is 18.1 Å². The Morgan fingerprint density at radius 1 is 1.00 bits per heavy atom. The summed E-state index contributed by atoms with van der Waals surface area (Å²) in [5.41, 5.74) is 0. The molecule has 0 radical (unpaired) electrons. The normalized spacial score (nSPS) is 32.6. The van der Waals surface area contributed by atoms with Crippen LogP contribution in [0.5, 0.6) is 0 Å². The van der Waals surface area contributed by atoms with Crippen molar-refractivity contribution in [2.75, 3.05) is 11.5 Å². The highest BCUT2D eigenvalue weighted by molar-refractivity contribution is 7.99. The van der Waals surface area contributed by atoms with E-state index in [0.717, 1.165) is 31.1 Å². The topological polar surface area (TPSA) is 46.5 Å². The summed E-state index contributed by atoms with van der Waals surface area (Å²) in [7, 11) is 0. The Morgan fingerprint density at radius 2 is 1.76 bits per heavy atom. The number of carboxylic acid groups (broad SMARTS) is 1. The lowest BCUT2D eigenvalue weighted by Gasteiger charge is -2.28. The van der Waals surface area contributed by atoms with Gasteiger partial charge in [-0.25, -0.2) is 0 Å². The maximum atomic E-state index is 10.5. The van der Waals surface area contributed by atoms with E-state index in [1.54, 1.807) is 0 Å². The van der Waals surface area contributed by atoms with Crippen LogP contribution in [0.2, 0.25) is 0 Å². The average Bonchev–Trinajstić information content (AvgIpc) is 3.21. The van der Waals surface area contributed by atoms with Gasteiger partial charge in [0, 0.05) is 6.42 Å². The second-order valence-electron chi connectivity index (χ2n) is 8.15. The minimum absolute atomic E-state index is 0.280. The van der Waals surface area contributed by atoms with Gasteiger partial charge in [-0.2, -0.15) is 11.8 Å². The van der Waals surface area contributed by atoms with Crippen molar-refractivity contribution < 1.29 is 14.6 Å². The van der Waals surface area contributed by atoms with E-state index in [1.165, 1.54) is 56.5 Å². The molecule has 1 N–H and O–H groups in total. The van der Waals surface area contributed by atoms with Crippen LogP contribution in [0.3, 0.4) is 0 Å². The first-order valence-electron chi connectivity index (χ1n) is 10.3. The molecule has 0 aromatic heterocycles. The minimum atomic E-state index is -0.690. The van der Waals surface area contributed by atoms with Gasteiger partial charge in [-0.15, -0.1) is 0 Å². The Balaban J connectivity index is 1.38. The van der Waals surface area contributed by atoms with E-state index in [2.05, 4.69) is 23.9 Å². The fraction of sp³-hybridized carbons (Fsp3) is 0.857. The van der Waals surface area contributed by atoms with Crippen LogP contribution in [0.4, 0.5) is 0 Å². The number of fused-ring (bicyclic) bond motifs is 2. The zero-order chi connectivity index (χ0) is 17.5. The van der Waals surface area contributed by atoms with Crippen LogP contribution in [0, 0.1) is 17.8 Å². The maximum absolute atomic E-state index is 10.5. The Bertz CT molecular complexity index is 444. The molecule has 1 aliphatic carbocycles. The third-order valence-electron chi connectivity index (χ3n) is 6.32. The largest absolute Gasteiger partial charge is 0.481 e. The molecular formula is C21H34O3S. The van der Waals surface area contributed by atoms with Gasteiger partial charge in [0.25, 0.3) is 0 Å². The van der Waals surface area contributed by atoms with Crippen LogP contribution in [0.1, 0.15) is 70.6 Å². The van der Waals surface area contributed by atoms with Crippen molar-refractivity contribution >= 4 is 17.7 Å². The maximum Gasteiger partial charge on any atom is 0.303 e. The molecule has 4 atom stereocenters. The van der Waals surface area contributed by atoms with Gasteiger partial charge in [0.15, 0.2) is 0 Å². The fourth-order valence-electron chi connectivity index (χ4n) is 4.89. The quantitative estimate of drug-likeness (QED) is 0.421. The molecule has 3 aliphatic rings. The monoisotopic (exact) mass is 366 g/mol. The first-order valence-corrected chi connectivity index (χ1v) is 11.5. The van der Waals surface area contributed by atoms with Gasteiger partial charge in [-0.1, -0.05) is 31.4 Å². The van der Waals surface area contributed by atoms with Crippen LogP contribution in [0.25, 0.3) is 0 Å². The molecule has 0 aromatic carbocycles. The first kappa shape index (κ1) is 19.3. The van der Waals surface area contributed by atoms with Gasteiger partial charge in [0.05, 0.1) is 12.2 Å². The van der Waals surface area contributed by atoms with Crippen molar-refractivity contribution in [2.24, 2.45) is 17.8 Å². The molecule has 0 unspecified atom stereocenters. The summed E-state index contributed by atoms with van der Waals surface area (Å²) in [6.45, 7) is 0. The van der Waals surface area contributed by atoms with Crippen LogP contribution in [0.15, 0.2) is 12.2 Å². The van der Waals surface area contributed by atoms with Gasteiger partial charge in [-0.05, 0) is 74.2 Å². The van der Waals surface area contributed by atoms with E-state index < -0.39 is 5.97 Å². The number of carboxylic acids is 1. The standard InChI is InChI=1S/C21H34O3S/c22-21(23)11-7-2-1-6-10-17-18(20-13-12-19(17)24-20)15-25-14-16-8-4-3-5-9-16/h1,6,16-20H,2-5,7-15H2,(H,22,23)/b6-1-/t17-,18+,19-,20+/m1/s1. The number of thioether (sulfide) groups is 1. The molecular weight excluding hydrogens is 332 g/mol. The molecule has 0 spiro atoms. The van der Waals surface area contributed by atoms with E-state index in [9.17, 15) is 4.79 Å². The van der Waals surface area contributed by atoms with Crippen LogP contribution in [-0.2, 0) is 9.53 Å². The van der Waals surface area contributed by atoms with Crippen LogP contribution < -0.4 is 0 Å². The lowest BCUT2D eigenvalue weighted by Crippen LogP contribution is -2.29. The van der Waals surface area contributed by atoms with Crippen molar-refractivity contribution in [3.05, 3.63) is 12.2 Å². The zero-order valence-corrected chi connectivity index (χ0v) is 16.2. The molecule has 4 heteroatoms. The summed E-state index contributed by atoms with van der Waals surface area (Å²) in [6, 6.07) is 0. The molecule has 0 amide bonds. The third kappa shape index (κ3) is 5.75. The summed E-state index contributed by atoms with van der Waals surface area (Å²) in [5.74, 6) is 4.32. The number of rotatable bonds is 10. The van der Waals surface area contributed by atoms with Gasteiger partial charge in [-0.3, -0.25) is 4.79 Å². The zero-order valence-electron chi connectivity index (χ0n) is 15.4. The molecule has 2 heterocycles. The summed E-state index contributed by atoms with van der Waals surface area (Å²) < 4.78 is 6.22. The predicted octanol–water partition coefficient (Wildman–Crippen LogP) is 5.29. The van der Waals surface area contributed by atoms with Gasteiger partial charge in [0.1, 0.15) is 0 Å². The number of aliphatic carboxylic acids is 1. The number of unbranched alkanes of at least 4 members (excludes halogenated alkanes) is 1. The molecule has 2 saturated heterocycles.